The quantitative estimate of drug-likeness (QED) is 0.384. The molecular formula is C27H24N8O2. The van der Waals surface area contributed by atoms with Crippen LogP contribution in [0.3, 0.4) is 0 Å². The number of rotatable bonds is 6. The lowest BCUT2D eigenvalue weighted by molar-refractivity contribution is 0.0986. The predicted molar refractivity (Wildman–Crippen MR) is 139 cm³/mol. The highest BCUT2D eigenvalue weighted by Crippen LogP contribution is 2.21. The van der Waals surface area contributed by atoms with Gasteiger partial charge in [-0.2, -0.15) is 0 Å². The van der Waals surface area contributed by atoms with Crippen molar-refractivity contribution in [2.24, 2.45) is 0 Å². The first-order chi connectivity index (χ1) is 17.9. The summed E-state index contributed by atoms with van der Waals surface area (Å²) >= 11 is 0. The van der Waals surface area contributed by atoms with E-state index < -0.39 is 5.91 Å². The second-order valence-electron chi connectivity index (χ2n) is 8.64. The summed E-state index contributed by atoms with van der Waals surface area (Å²) in [6, 6.07) is 22.4. The maximum absolute atomic E-state index is 13.1. The van der Waals surface area contributed by atoms with Crippen molar-refractivity contribution in [3.05, 3.63) is 108 Å². The molecule has 0 radical (unpaired) electrons. The van der Waals surface area contributed by atoms with Crippen LogP contribution in [0.5, 0.6) is 0 Å². The van der Waals surface area contributed by atoms with Gasteiger partial charge in [0, 0.05) is 18.4 Å². The van der Waals surface area contributed by atoms with E-state index in [1.807, 2.05) is 62.4 Å². The van der Waals surface area contributed by atoms with Gasteiger partial charge in [0.05, 0.1) is 23.8 Å². The maximum atomic E-state index is 13.1. The van der Waals surface area contributed by atoms with Crippen molar-refractivity contribution in [2.45, 2.75) is 13.8 Å². The van der Waals surface area contributed by atoms with Crippen LogP contribution in [0.15, 0.2) is 85.2 Å². The first kappa shape index (κ1) is 23.6. The monoisotopic (exact) mass is 492 g/mol. The van der Waals surface area contributed by atoms with Gasteiger partial charge >= 0.3 is 0 Å². The number of hydrogen-bond acceptors (Lipinski definition) is 6. The minimum absolute atomic E-state index is 0.170. The number of aromatic nitrogens is 6. The molecule has 0 saturated carbocycles. The van der Waals surface area contributed by atoms with E-state index in [0.717, 1.165) is 22.5 Å². The van der Waals surface area contributed by atoms with Crippen LogP contribution in [-0.4, -0.2) is 48.8 Å². The van der Waals surface area contributed by atoms with Gasteiger partial charge in [-0.1, -0.05) is 51.9 Å². The van der Waals surface area contributed by atoms with Crippen molar-refractivity contribution in [1.82, 2.24) is 30.0 Å². The zero-order valence-corrected chi connectivity index (χ0v) is 20.5. The maximum Gasteiger partial charge on any atom is 0.280 e. The van der Waals surface area contributed by atoms with Gasteiger partial charge in [-0.3, -0.25) is 9.59 Å². The minimum Gasteiger partial charge on any atom is -0.320 e. The van der Waals surface area contributed by atoms with Gasteiger partial charge in [0.2, 0.25) is 0 Å². The van der Waals surface area contributed by atoms with Gasteiger partial charge in [-0.25, -0.2) is 9.36 Å². The van der Waals surface area contributed by atoms with Crippen LogP contribution >= 0.6 is 0 Å². The van der Waals surface area contributed by atoms with E-state index in [-0.39, 0.29) is 17.3 Å². The van der Waals surface area contributed by atoms with Crippen LogP contribution in [0.2, 0.25) is 0 Å². The zero-order valence-electron chi connectivity index (χ0n) is 20.5. The number of carbonyl (C=O) groups excluding carboxylic acids is 2. The molecule has 1 N–H and O–H groups in total. The molecule has 0 aliphatic rings. The summed E-state index contributed by atoms with van der Waals surface area (Å²) in [4.78, 5) is 27.3. The Hall–Kier alpha value is -5.12. The number of amides is 2. The lowest BCUT2D eigenvalue weighted by atomic mass is 10.2. The number of nitrogens with zero attached hydrogens (tertiary/aromatic N) is 7. The molecule has 0 spiro atoms. The fraction of sp³-hybridized carbons (Fsp3) is 0.111. The van der Waals surface area contributed by atoms with Gasteiger partial charge in [-0.15, -0.1) is 10.2 Å². The molecule has 0 fully saturated rings. The Labute approximate surface area is 213 Å². The molecule has 184 valence electrons. The summed E-state index contributed by atoms with van der Waals surface area (Å²) in [6.07, 6.45) is 3.16. The molecule has 10 nitrogen and oxygen atoms in total. The minimum atomic E-state index is -0.412. The fourth-order valence-corrected chi connectivity index (χ4v) is 3.65. The first-order valence-corrected chi connectivity index (χ1v) is 11.6. The molecule has 5 rings (SSSR count). The van der Waals surface area contributed by atoms with E-state index in [2.05, 4.69) is 25.9 Å². The molecule has 3 aromatic carbocycles. The summed E-state index contributed by atoms with van der Waals surface area (Å²) in [5.41, 5.74) is 5.32. The van der Waals surface area contributed by atoms with Crippen molar-refractivity contribution in [2.75, 3.05) is 17.3 Å². The number of benzene rings is 3. The van der Waals surface area contributed by atoms with Crippen molar-refractivity contribution in [3.8, 4) is 11.4 Å². The van der Waals surface area contributed by atoms with E-state index in [0.29, 0.717) is 11.4 Å². The number of aryl methyl sites for hydroxylation is 2. The van der Waals surface area contributed by atoms with Crippen LogP contribution in [0, 0.1) is 13.8 Å². The Bertz CT molecular complexity index is 1570. The lowest BCUT2D eigenvalue weighted by Gasteiger charge is -2.17. The van der Waals surface area contributed by atoms with Crippen LogP contribution < -0.4 is 10.2 Å². The summed E-state index contributed by atoms with van der Waals surface area (Å²) < 4.78 is 3.10. The average Bonchev–Trinajstić information content (AvgIpc) is 3.60. The Morgan fingerprint density at radius 3 is 1.89 bits per heavy atom. The third-order valence-electron chi connectivity index (χ3n) is 5.83. The van der Waals surface area contributed by atoms with Crippen LogP contribution in [0.1, 0.15) is 32.1 Å². The summed E-state index contributed by atoms with van der Waals surface area (Å²) in [5, 5.41) is 19.0. The van der Waals surface area contributed by atoms with Gasteiger partial charge in [0.25, 0.3) is 11.8 Å². The van der Waals surface area contributed by atoms with E-state index in [9.17, 15) is 9.59 Å². The Balaban J connectivity index is 1.28. The molecule has 0 aliphatic heterocycles. The van der Waals surface area contributed by atoms with E-state index >= 15 is 0 Å². The van der Waals surface area contributed by atoms with E-state index in [1.54, 1.807) is 53.1 Å². The molecule has 37 heavy (non-hydrogen) atoms. The second kappa shape index (κ2) is 9.86. The van der Waals surface area contributed by atoms with Crippen molar-refractivity contribution >= 4 is 23.2 Å². The first-order valence-electron chi connectivity index (χ1n) is 11.6. The topological polar surface area (TPSA) is 111 Å². The highest BCUT2D eigenvalue weighted by Gasteiger charge is 2.19. The molecule has 0 atom stereocenters. The largest absolute Gasteiger partial charge is 0.320 e. The summed E-state index contributed by atoms with van der Waals surface area (Å²) in [6.45, 7) is 4.00. The van der Waals surface area contributed by atoms with Crippen molar-refractivity contribution < 1.29 is 9.59 Å². The molecule has 0 saturated heterocycles. The molecule has 5 aromatic rings. The standard InChI is InChI=1S/C27H24N8O2/c1-18-7-11-21(12-8-18)34-16-24(29-31-34)26(36)28-20-5-4-6-23(15-20)33(3)27(37)25-17-35(32-30-25)22-13-9-19(2)10-14-22/h4-17H,1-3H3,(H,28,36). The Morgan fingerprint density at radius 2 is 1.30 bits per heavy atom. The normalized spacial score (nSPS) is 10.8. The summed E-state index contributed by atoms with van der Waals surface area (Å²) in [5.74, 6) is -0.742. The highest BCUT2D eigenvalue weighted by atomic mass is 16.2. The zero-order chi connectivity index (χ0) is 25.9. The highest BCUT2D eigenvalue weighted by molar-refractivity contribution is 6.05. The molecule has 0 bridgehead atoms. The Morgan fingerprint density at radius 1 is 0.757 bits per heavy atom. The number of carbonyl (C=O) groups is 2. The van der Waals surface area contributed by atoms with Gasteiger partial charge in [0.15, 0.2) is 11.4 Å². The van der Waals surface area contributed by atoms with Crippen LogP contribution in [0.4, 0.5) is 11.4 Å². The Kier molecular flexibility index (Phi) is 6.29. The smallest absolute Gasteiger partial charge is 0.280 e. The SMILES string of the molecule is Cc1ccc(-n2cc(C(=O)Nc3cccc(N(C)C(=O)c4cn(-c5ccc(C)cc5)nn4)c3)nn2)cc1. The number of hydrogen-bond donors (Lipinski definition) is 1. The van der Waals surface area contributed by atoms with Gasteiger partial charge < -0.3 is 10.2 Å². The van der Waals surface area contributed by atoms with Crippen molar-refractivity contribution in [3.63, 3.8) is 0 Å². The fourth-order valence-electron chi connectivity index (χ4n) is 3.65. The third kappa shape index (κ3) is 5.13. The molecule has 2 amide bonds. The molecule has 2 aromatic heterocycles. The van der Waals surface area contributed by atoms with Crippen LogP contribution in [0.25, 0.3) is 11.4 Å². The molecular weight excluding hydrogens is 468 g/mol. The van der Waals surface area contributed by atoms with E-state index in [4.69, 9.17) is 0 Å². The number of anilines is 2. The van der Waals surface area contributed by atoms with Crippen LogP contribution in [-0.2, 0) is 0 Å². The van der Waals surface area contributed by atoms with Crippen molar-refractivity contribution in [1.29, 1.82) is 0 Å². The average molecular weight is 493 g/mol. The molecule has 10 heteroatoms. The second-order valence-corrected chi connectivity index (χ2v) is 8.64. The van der Waals surface area contributed by atoms with Gasteiger partial charge in [0.1, 0.15) is 0 Å². The molecule has 2 heterocycles. The lowest BCUT2D eigenvalue weighted by Crippen LogP contribution is -2.26. The number of nitrogens with one attached hydrogen (secondary N) is 1. The summed E-state index contributed by atoms with van der Waals surface area (Å²) in [7, 11) is 1.64. The predicted octanol–water partition coefficient (Wildman–Crippen LogP) is 3.99. The van der Waals surface area contributed by atoms with Gasteiger partial charge in [-0.05, 0) is 56.3 Å². The molecule has 0 aliphatic carbocycles. The third-order valence-corrected chi connectivity index (χ3v) is 5.83. The van der Waals surface area contributed by atoms with E-state index in [1.165, 1.54) is 4.90 Å². The molecule has 0 unspecified atom stereocenters.